The van der Waals surface area contributed by atoms with Crippen molar-refractivity contribution in [3.63, 3.8) is 0 Å². The van der Waals surface area contributed by atoms with Crippen LogP contribution in [0.5, 0.6) is 0 Å². The van der Waals surface area contributed by atoms with Gasteiger partial charge in [-0.25, -0.2) is 0 Å². The van der Waals surface area contributed by atoms with Gasteiger partial charge in [-0.2, -0.15) is 0 Å². The Kier molecular flexibility index (Phi) is 7.36. The zero-order chi connectivity index (χ0) is 15.9. The van der Waals surface area contributed by atoms with Crippen LogP contribution in [0.2, 0.25) is 0 Å². The highest BCUT2D eigenvalue weighted by Crippen LogP contribution is 2.20. The van der Waals surface area contributed by atoms with Crippen LogP contribution >= 0.6 is 0 Å². The Morgan fingerprint density at radius 3 is 2.57 bits per heavy atom. The number of likely N-dealkylation sites (N-methyl/N-ethyl adjacent to an activating group) is 1. The highest BCUT2D eigenvalue weighted by molar-refractivity contribution is 5.33. The fourth-order valence-electron chi connectivity index (χ4n) is 2.26. The second-order valence-corrected chi connectivity index (χ2v) is 6.26. The topological polar surface area (TPSA) is 30.5 Å². The van der Waals surface area contributed by atoms with E-state index in [4.69, 9.17) is 9.47 Å². The Morgan fingerprint density at radius 2 is 1.95 bits per heavy atom. The summed E-state index contributed by atoms with van der Waals surface area (Å²) in [6.45, 7) is 12.9. The molecule has 1 unspecified atom stereocenters. The molecule has 0 saturated heterocycles. The molecule has 0 aliphatic rings. The molecule has 21 heavy (non-hydrogen) atoms. The third-order valence-electron chi connectivity index (χ3n) is 3.95. The van der Waals surface area contributed by atoms with Gasteiger partial charge in [0.25, 0.3) is 0 Å². The van der Waals surface area contributed by atoms with Crippen molar-refractivity contribution in [3.8, 4) is 0 Å². The van der Waals surface area contributed by atoms with Gasteiger partial charge in [-0.3, -0.25) is 0 Å². The average Bonchev–Trinajstić information content (AvgIpc) is 2.45. The summed E-state index contributed by atoms with van der Waals surface area (Å²) in [5.41, 5.74) is 3.82. The molecule has 1 aromatic carbocycles. The monoisotopic (exact) mass is 293 g/mol. The van der Waals surface area contributed by atoms with Gasteiger partial charge in [-0.05, 0) is 51.8 Å². The van der Waals surface area contributed by atoms with Gasteiger partial charge >= 0.3 is 0 Å². The van der Waals surface area contributed by atoms with E-state index in [0.717, 1.165) is 13.0 Å². The van der Waals surface area contributed by atoms with Crippen LogP contribution in [0.15, 0.2) is 18.2 Å². The summed E-state index contributed by atoms with van der Waals surface area (Å²) in [6, 6.07) is 6.85. The molecule has 1 rings (SSSR count). The molecule has 1 N–H and O–H groups in total. The molecule has 1 aromatic rings. The van der Waals surface area contributed by atoms with E-state index >= 15 is 0 Å². The van der Waals surface area contributed by atoms with Crippen molar-refractivity contribution in [2.75, 3.05) is 26.9 Å². The molecule has 0 amide bonds. The van der Waals surface area contributed by atoms with Crippen LogP contribution in [0.1, 0.15) is 49.9 Å². The maximum absolute atomic E-state index is 5.89. The first-order valence-corrected chi connectivity index (χ1v) is 7.83. The van der Waals surface area contributed by atoms with E-state index < -0.39 is 0 Å². The van der Waals surface area contributed by atoms with Gasteiger partial charge in [-0.15, -0.1) is 0 Å². The zero-order valence-corrected chi connectivity index (χ0v) is 14.5. The summed E-state index contributed by atoms with van der Waals surface area (Å²) in [7, 11) is 1.75. The number of hydrogen-bond acceptors (Lipinski definition) is 3. The second-order valence-electron chi connectivity index (χ2n) is 6.26. The number of methoxy groups -OCH3 is 1. The third-order valence-corrected chi connectivity index (χ3v) is 3.95. The van der Waals surface area contributed by atoms with E-state index in [1.54, 1.807) is 7.11 Å². The minimum absolute atomic E-state index is 0.118. The second kappa shape index (κ2) is 8.52. The van der Waals surface area contributed by atoms with Crippen LogP contribution in [0.3, 0.4) is 0 Å². The molecule has 0 aliphatic carbocycles. The summed E-state index contributed by atoms with van der Waals surface area (Å²) in [5.74, 6) is 0. The molecule has 0 heterocycles. The number of aryl methyl sites for hydroxylation is 2. The van der Waals surface area contributed by atoms with E-state index in [9.17, 15) is 0 Å². The Balaban J connectivity index is 2.60. The molecule has 0 saturated carbocycles. The Labute approximate surface area is 130 Å². The summed E-state index contributed by atoms with van der Waals surface area (Å²) >= 11 is 0. The SMILES string of the molecule is CCNC(COCCC(C)(C)OC)c1cc(C)ccc1C. The number of nitrogens with one attached hydrogen (secondary N) is 1. The first kappa shape index (κ1) is 18.1. The zero-order valence-electron chi connectivity index (χ0n) is 14.5. The third kappa shape index (κ3) is 6.16. The molecule has 1 atom stereocenters. The van der Waals surface area contributed by atoms with Gasteiger partial charge in [0.05, 0.1) is 18.2 Å². The summed E-state index contributed by atoms with van der Waals surface area (Å²) < 4.78 is 11.3. The van der Waals surface area contributed by atoms with Gasteiger partial charge < -0.3 is 14.8 Å². The summed E-state index contributed by atoms with van der Waals surface area (Å²) in [5, 5.41) is 3.52. The summed E-state index contributed by atoms with van der Waals surface area (Å²) in [6.07, 6.45) is 0.898. The average molecular weight is 293 g/mol. The van der Waals surface area contributed by atoms with Crippen LogP contribution in [-0.4, -0.2) is 32.5 Å². The molecule has 0 aromatic heterocycles. The molecule has 0 fully saturated rings. The van der Waals surface area contributed by atoms with Gasteiger partial charge in [0.2, 0.25) is 0 Å². The van der Waals surface area contributed by atoms with Crippen molar-refractivity contribution in [2.45, 2.75) is 52.7 Å². The predicted molar refractivity (Wildman–Crippen MR) is 88.9 cm³/mol. The van der Waals surface area contributed by atoms with Crippen molar-refractivity contribution in [1.82, 2.24) is 5.32 Å². The number of ether oxygens (including phenoxy) is 2. The minimum Gasteiger partial charge on any atom is -0.379 e. The van der Waals surface area contributed by atoms with Gasteiger partial charge in [0.1, 0.15) is 0 Å². The van der Waals surface area contributed by atoms with Gasteiger partial charge in [0.15, 0.2) is 0 Å². The Morgan fingerprint density at radius 1 is 1.24 bits per heavy atom. The molecule has 0 spiro atoms. The number of rotatable bonds is 9. The van der Waals surface area contributed by atoms with Crippen molar-refractivity contribution in [2.24, 2.45) is 0 Å². The van der Waals surface area contributed by atoms with E-state index in [-0.39, 0.29) is 11.6 Å². The van der Waals surface area contributed by atoms with E-state index in [1.807, 2.05) is 0 Å². The van der Waals surface area contributed by atoms with Crippen molar-refractivity contribution >= 4 is 0 Å². The lowest BCUT2D eigenvalue weighted by molar-refractivity contribution is -0.0124. The molecular weight excluding hydrogens is 262 g/mol. The van der Waals surface area contributed by atoms with Crippen molar-refractivity contribution < 1.29 is 9.47 Å². The van der Waals surface area contributed by atoms with E-state index in [0.29, 0.717) is 13.2 Å². The number of hydrogen-bond donors (Lipinski definition) is 1. The van der Waals surface area contributed by atoms with Gasteiger partial charge in [-0.1, -0.05) is 30.7 Å². The fraction of sp³-hybridized carbons (Fsp3) is 0.667. The highest BCUT2D eigenvalue weighted by atomic mass is 16.5. The lowest BCUT2D eigenvalue weighted by atomic mass is 9.99. The fourth-order valence-corrected chi connectivity index (χ4v) is 2.26. The van der Waals surface area contributed by atoms with Gasteiger partial charge in [0, 0.05) is 13.7 Å². The molecule has 0 aliphatic heterocycles. The molecular formula is C18H31NO2. The highest BCUT2D eigenvalue weighted by Gasteiger charge is 2.17. The van der Waals surface area contributed by atoms with Crippen LogP contribution in [0.4, 0.5) is 0 Å². The molecule has 120 valence electrons. The maximum atomic E-state index is 5.89. The Hall–Kier alpha value is -0.900. The normalized spacial score (nSPS) is 13.4. The lowest BCUT2D eigenvalue weighted by Gasteiger charge is -2.24. The molecule has 3 nitrogen and oxygen atoms in total. The molecule has 0 radical (unpaired) electrons. The first-order valence-electron chi connectivity index (χ1n) is 7.83. The molecule has 0 bridgehead atoms. The van der Waals surface area contributed by atoms with Crippen LogP contribution < -0.4 is 5.32 Å². The van der Waals surface area contributed by atoms with Crippen molar-refractivity contribution in [1.29, 1.82) is 0 Å². The number of benzene rings is 1. The standard InChI is InChI=1S/C18H31NO2/c1-7-19-17(13-21-11-10-18(4,5)20-6)16-12-14(2)8-9-15(16)3/h8-9,12,17,19H,7,10-11,13H2,1-6H3. The first-order chi connectivity index (χ1) is 9.89. The van der Waals surface area contributed by atoms with E-state index in [2.05, 4.69) is 58.1 Å². The van der Waals surface area contributed by atoms with E-state index in [1.165, 1.54) is 16.7 Å². The summed E-state index contributed by atoms with van der Waals surface area (Å²) in [4.78, 5) is 0. The van der Waals surface area contributed by atoms with Crippen molar-refractivity contribution in [3.05, 3.63) is 34.9 Å². The maximum Gasteiger partial charge on any atom is 0.0661 e. The van der Waals surface area contributed by atoms with Crippen LogP contribution in [-0.2, 0) is 9.47 Å². The Bertz CT molecular complexity index is 429. The predicted octanol–water partition coefficient (Wildman–Crippen LogP) is 3.79. The quantitative estimate of drug-likeness (QED) is 0.703. The molecule has 3 heteroatoms. The largest absolute Gasteiger partial charge is 0.379 e. The smallest absolute Gasteiger partial charge is 0.0661 e. The lowest BCUT2D eigenvalue weighted by Crippen LogP contribution is -2.28. The van der Waals surface area contributed by atoms with Crippen LogP contribution in [0.25, 0.3) is 0 Å². The minimum atomic E-state index is -0.118. The van der Waals surface area contributed by atoms with Crippen LogP contribution in [0, 0.1) is 13.8 Å².